The lowest BCUT2D eigenvalue weighted by molar-refractivity contribution is 0.560. The Balaban J connectivity index is 1.43. The largest absolute Gasteiger partial charge is 0.349 e. The van der Waals surface area contributed by atoms with E-state index in [0.29, 0.717) is 52.4 Å². The van der Waals surface area contributed by atoms with Gasteiger partial charge in [0.05, 0.1) is 34.4 Å². The van der Waals surface area contributed by atoms with Crippen LogP contribution in [-0.2, 0) is 0 Å². The number of nitrogens with one attached hydrogen (secondary N) is 1. The fraction of sp³-hybridized carbons (Fsp3) is 0.167. The van der Waals surface area contributed by atoms with E-state index >= 15 is 0 Å². The van der Waals surface area contributed by atoms with E-state index in [1.807, 2.05) is 11.0 Å². The lowest BCUT2D eigenvalue weighted by atomic mass is 10.0. The fourth-order valence-electron chi connectivity index (χ4n) is 4.56. The Morgan fingerprint density at radius 3 is 2.79 bits per heavy atom. The molecule has 5 aromatic rings. The maximum absolute atomic E-state index is 14.5. The molecule has 0 bridgehead atoms. The average Bonchev–Trinajstić information content (AvgIpc) is 3.57. The van der Waals surface area contributed by atoms with Crippen LogP contribution in [-0.4, -0.2) is 31.1 Å². The summed E-state index contributed by atoms with van der Waals surface area (Å²) in [4.78, 5) is 14.3. The van der Waals surface area contributed by atoms with Crippen LogP contribution in [0.15, 0.2) is 48.8 Å². The van der Waals surface area contributed by atoms with Crippen molar-refractivity contribution in [2.24, 2.45) is 0 Å². The number of H-pyrrole nitrogens is 1. The smallest absolute Gasteiger partial charge is 0.168 e. The molecular weight excluding hydrogens is 443 g/mol. The molecule has 34 heavy (non-hydrogen) atoms. The van der Waals surface area contributed by atoms with Crippen LogP contribution in [0.1, 0.15) is 30.0 Å². The third kappa shape index (κ3) is 3.16. The van der Waals surface area contributed by atoms with Gasteiger partial charge >= 0.3 is 0 Å². The number of hydrogen-bond donors (Lipinski definition) is 1. The lowest BCUT2D eigenvalue weighted by Gasteiger charge is -2.26. The second kappa shape index (κ2) is 7.59. The molecule has 0 spiro atoms. The summed E-state index contributed by atoms with van der Waals surface area (Å²) in [7, 11) is 0. The Labute approximate surface area is 191 Å². The molecule has 7 nitrogen and oxygen atoms in total. The highest BCUT2D eigenvalue weighted by Crippen LogP contribution is 2.37. The van der Waals surface area contributed by atoms with E-state index in [-0.39, 0.29) is 11.6 Å². The van der Waals surface area contributed by atoms with Gasteiger partial charge in [0.15, 0.2) is 5.65 Å². The first-order valence-corrected chi connectivity index (χ1v) is 10.7. The van der Waals surface area contributed by atoms with Crippen LogP contribution in [0.4, 0.5) is 19.0 Å². The molecule has 0 unspecified atom stereocenters. The number of benzene rings is 2. The zero-order valence-electron chi connectivity index (χ0n) is 17.6. The molecule has 1 N–H and O–H groups in total. The predicted octanol–water partition coefficient (Wildman–Crippen LogP) is 4.90. The van der Waals surface area contributed by atoms with Gasteiger partial charge in [0.1, 0.15) is 35.2 Å². The Kier molecular flexibility index (Phi) is 4.52. The number of halogens is 3. The van der Waals surface area contributed by atoms with E-state index < -0.39 is 17.5 Å². The average molecular weight is 459 g/mol. The normalized spacial score (nSPS) is 15.9. The van der Waals surface area contributed by atoms with Crippen LogP contribution in [0.3, 0.4) is 0 Å². The molecule has 1 aliphatic rings. The number of aromatic amines is 1. The molecule has 0 amide bonds. The quantitative estimate of drug-likeness (QED) is 0.415. The Bertz CT molecular complexity index is 1610. The molecule has 1 aliphatic heterocycles. The summed E-state index contributed by atoms with van der Waals surface area (Å²) >= 11 is 0. The topological polar surface area (TPSA) is 85.9 Å². The van der Waals surface area contributed by atoms with Crippen LogP contribution in [0.2, 0.25) is 0 Å². The fourth-order valence-corrected chi connectivity index (χ4v) is 4.56. The number of aromatic nitrogens is 5. The molecule has 1 atom stereocenters. The molecule has 1 saturated heterocycles. The number of nitrogens with zero attached hydrogens (tertiary/aromatic N) is 6. The second-order valence-corrected chi connectivity index (χ2v) is 8.18. The highest BCUT2D eigenvalue weighted by Gasteiger charge is 2.30. The van der Waals surface area contributed by atoms with Crippen LogP contribution in [0.25, 0.3) is 28.1 Å². The highest BCUT2D eigenvalue weighted by atomic mass is 19.1. The molecule has 3 aromatic heterocycles. The van der Waals surface area contributed by atoms with Gasteiger partial charge in [-0.1, -0.05) is 0 Å². The molecule has 0 aliphatic carbocycles. The molecule has 6 rings (SSSR count). The van der Waals surface area contributed by atoms with Gasteiger partial charge in [0, 0.05) is 24.4 Å². The van der Waals surface area contributed by atoms with Crippen LogP contribution >= 0.6 is 0 Å². The van der Waals surface area contributed by atoms with Crippen molar-refractivity contribution < 1.29 is 13.2 Å². The minimum Gasteiger partial charge on any atom is -0.349 e. The summed E-state index contributed by atoms with van der Waals surface area (Å²) in [6.45, 7) is 0.647. The maximum Gasteiger partial charge on any atom is 0.168 e. The van der Waals surface area contributed by atoms with Crippen molar-refractivity contribution in [3.05, 3.63) is 77.4 Å². The SMILES string of the molecule is N#Cc1cc2nc(-c3cnn4ccc(N5CCC[C@@H]5c5cc(F)ccc5F)nc34)[nH]c2cc1F. The summed E-state index contributed by atoms with van der Waals surface area (Å²) in [5.41, 5.74) is 2.20. The maximum atomic E-state index is 14.5. The first kappa shape index (κ1) is 20.2. The standard InChI is InChI=1S/C24H16F3N7/c25-14-3-4-17(26)15(9-14)21-2-1-6-33(21)22-5-7-34-24(32-22)16(12-29-34)23-30-19-8-13(11-28)18(27)10-20(19)31-23/h3-5,7-10,12,21H,1-2,6H2,(H,30,31)/t21-/m1/s1. The van der Waals surface area contributed by atoms with Crippen molar-refractivity contribution in [2.45, 2.75) is 18.9 Å². The summed E-state index contributed by atoms with van der Waals surface area (Å²) in [6, 6.07) is 9.38. The van der Waals surface area contributed by atoms with E-state index in [4.69, 9.17) is 10.2 Å². The Morgan fingerprint density at radius 2 is 1.94 bits per heavy atom. The van der Waals surface area contributed by atoms with E-state index in [1.165, 1.54) is 18.2 Å². The summed E-state index contributed by atoms with van der Waals surface area (Å²) in [6.07, 6.45) is 4.83. The number of anilines is 1. The van der Waals surface area contributed by atoms with Gasteiger partial charge < -0.3 is 9.88 Å². The molecule has 0 radical (unpaired) electrons. The van der Waals surface area contributed by atoms with E-state index in [0.717, 1.165) is 18.6 Å². The van der Waals surface area contributed by atoms with Crippen molar-refractivity contribution in [2.75, 3.05) is 11.4 Å². The van der Waals surface area contributed by atoms with Gasteiger partial charge in [-0.25, -0.2) is 27.7 Å². The number of imidazole rings is 1. The monoisotopic (exact) mass is 459 g/mol. The minimum absolute atomic E-state index is 0.0875. The predicted molar refractivity (Wildman–Crippen MR) is 118 cm³/mol. The third-order valence-corrected chi connectivity index (χ3v) is 6.16. The summed E-state index contributed by atoms with van der Waals surface area (Å²) in [5.74, 6) is -0.524. The molecular formula is C24H16F3N7. The zero-order valence-corrected chi connectivity index (χ0v) is 17.6. The Hall–Kier alpha value is -4.39. The van der Waals surface area contributed by atoms with Crippen molar-refractivity contribution in [1.82, 2.24) is 24.6 Å². The van der Waals surface area contributed by atoms with Crippen molar-refractivity contribution in [3.8, 4) is 17.5 Å². The first-order chi connectivity index (χ1) is 16.5. The number of nitriles is 1. The second-order valence-electron chi connectivity index (χ2n) is 8.18. The number of rotatable bonds is 3. The highest BCUT2D eigenvalue weighted by molar-refractivity contribution is 5.84. The first-order valence-electron chi connectivity index (χ1n) is 10.7. The molecule has 1 fully saturated rings. The Morgan fingerprint density at radius 1 is 1.06 bits per heavy atom. The van der Waals surface area contributed by atoms with Gasteiger partial charge in [0.2, 0.25) is 0 Å². The van der Waals surface area contributed by atoms with Gasteiger partial charge in [-0.2, -0.15) is 10.4 Å². The molecule has 0 saturated carbocycles. The van der Waals surface area contributed by atoms with Crippen LogP contribution < -0.4 is 4.90 Å². The summed E-state index contributed by atoms with van der Waals surface area (Å²) < 4.78 is 43.9. The van der Waals surface area contributed by atoms with Gasteiger partial charge in [0.25, 0.3) is 0 Å². The van der Waals surface area contributed by atoms with Gasteiger partial charge in [-0.3, -0.25) is 0 Å². The number of fused-ring (bicyclic) bond motifs is 2. The van der Waals surface area contributed by atoms with Gasteiger partial charge in [-0.05, 0) is 43.2 Å². The molecule has 168 valence electrons. The van der Waals surface area contributed by atoms with E-state index in [1.54, 1.807) is 23.0 Å². The molecule has 2 aromatic carbocycles. The zero-order chi connectivity index (χ0) is 23.4. The van der Waals surface area contributed by atoms with Crippen LogP contribution in [0, 0.1) is 28.8 Å². The van der Waals surface area contributed by atoms with E-state index in [9.17, 15) is 13.2 Å². The van der Waals surface area contributed by atoms with Gasteiger partial charge in [-0.15, -0.1) is 0 Å². The van der Waals surface area contributed by atoms with Crippen molar-refractivity contribution >= 4 is 22.5 Å². The third-order valence-electron chi connectivity index (χ3n) is 6.16. The minimum atomic E-state index is -0.630. The molecule has 10 heteroatoms. The number of hydrogen-bond acceptors (Lipinski definition) is 5. The summed E-state index contributed by atoms with van der Waals surface area (Å²) in [5, 5.41) is 13.4. The van der Waals surface area contributed by atoms with Crippen LogP contribution in [0.5, 0.6) is 0 Å². The van der Waals surface area contributed by atoms with Crippen molar-refractivity contribution in [1.29, 1.82) is 5.26 Å². The van der Waals surface area contributed by atoms with E-state index in [2.05, 4.69) is 15.1 Å². The molecule has 4 heterocycles. The van der Waals surface area contributed by atoms with Crippen molar-refractivity contribution in [3.63, 3.8) is 0 Å². The lowest BCUT2D eigenvalue weighted by Crippen LogP contribution is -2.24.